The SMILES string of the molecule is Cc1ccc(NC(=O)/C(Oc2ccc(-c3ccc(F)cc3)cc2)=C(\C=N)N2CCN(C=O)CC2)cc1. The largest absolute Gasteiger partial charge is 0.449 e. The number of hydrogen-bond donors (Lipinski definition) is 2. The molecule has 0 spiro atoms. The minimum absolute atomic E-state index is 0.0142. The Balaban J connectivity index is 1.62. The molecule has 7 nitrogen and oxygen atoms in total. The normalized spacial score (nSPS) is 14.1. The number of aryl methyl sites for hydroxylation is 1. The van der Waals surface area contributed by atoms with Gasteiger partial charge in [0.15, 0.2) is 0 Å². The van der Waals surface area contributed by atoms with E-state index in [9.17, 15) is 14.0 Å². The van der Waals surface area contributed by atoms with E-state index in [2.05, 4.69) is 5.32 Å². The van der Waals surface area contributed by atoms with E-state index in [1.54, 1.807) is 41.3 Å². The number of piperazine rings is 1. The fourth-order valence-electron chi connectivity index (χ4n) is 3.88. The first kappa shape index (κ1) is 24.7. The van der Waals surface area contributed by atoms with Crippen molar-refractivity contribution >= 4 is 24.2 Å². The van der Waals surface area contributed by atoms with Crippen molar-refractivity contribution in [2.24, 2.45) is 0 Å². The predicted octanol–water partition coefficient (Wildman–Crippen LogP) is 4.45. The summed E-state index contributed by atoms with van der Waals surface area (Å²) in [4.78, 5) is 28.0. The van der Waals surface area contributed by atoms with Gasteiger partial charge in [-0.05, 0) is 54.4 Å². The highest BCUT2D eigenvalue weighted by Crippen LogP contribution is 2.25. The number of nitrogens with zero attached hydrogens (tertiary/aromatic N) is 2. The van der Waals surface area contributed by atoms with Crippen molar-refractivity contribution in [3.63, 3.8) is 0 Å². The average Bonchev–Trinajstić information content (AvgIpc) is 2.91. The monoisotopic (exact) mass is 486 g/mol. The van der Waals surface area contributed by atoms with E-state index in [1.165, 1.54) is 12.1 Å². The number of amides is 2. The van der Waals surface area contributed by atoms with E-state index in [1.807, 2.05) is 36.1 Å². The fraction of sp³-hybridized carbons (Fsp3) is 0.179. The molecular formula is C28H27FN4O3. The lowest BCUT2D eigenvalue weighted by atomic mass is 10.1. The molecule has 0 atom stereocenters. The maximum Gasteiger partial charge on any atom is 0.293 e. The summed E-state index contributed by atoms with van der Waals surface area (Å²) in [6.45, 7) is 3.87. The Labute approximate surface area is 209 Å². The second kappa shape index (κ2) is 11.3. The Bertz CT molecular complexity index is 1250. The molecule has 1 saturated heterocycles. The van der Waals surface area contributed by atoms with Gasteiger partial charge in [0.1, 0.15) is 17.3 Å². The minimum atomic E-state index is -0.488. The van der Waals surface area contributed by atoms with Gasteiger partial charge in [-0.3, -0.25) is 9.59 Å². The first-order valence-corrected chi connectivity index (χ1v) is 11.6. The molecule has 1 fully saturated rings. The molecule has 2 amide bonds. The molecule has 1 aliphatic rings. The maximum absolute atomic E-state index is 13.4. The first-order valence-electron chi connectivity index (χ1n) is 11.6. The molecule has 0 aromatic heterocycles. The van der Waals surface area contributed by atoms with Crippen LogP contribution in [0.3, 0.4) is 0 Å². The number of benzene rings is 3. The molecule has 8 heteroatoms. The number of carbonyl (C=O) groups is 2. The molecule has 0 bridgehead atoms. The van der Waals surface area contributed by atoms with Gasteiger partial charge in [-0.2, -0.15) is 0 Å². The zero-order valence-electron chi connectivity index (χ0n) is 19.9. The Hall–Kier alpha value is -4.46. The van der Waals surface area contributed by atoms with E-state index in [4.69, 9.17) is 10.1 Å². The maximum atomic E-state index is 13.4. The summed E-state index contributed by atoms with van der Waals surface area (Å²) < 4.78 is 19.3. The van der Waals surface area contributed by atoms with Crippen LogP contribution >= 0.6 is 0 Å². The molecule has 0 unspecified atom stereocenters. The molecule has 1 heterocycles. The summed E-state index contributed by atoms with van der Waals surface area (Å²) in [5.74, 6) is -0.389. The van der Waals surface area contributed by atoms with Crippen LogP contribution in [0.1, 0.15) is 5.56 Å². The number of anilines is 1. The topological polar surface area (TPSA) is 85.7 Å². The van der Waals surface area contributed by atoms with Crippen molar-refractivity contribution in [3.05, 3.63) is 95.6 Å². The highest BCUT2D eigenvalue weighted by atomic mass is 19.1. The van der Waals surface area contributed by atoms with E-state index >= 15 is 0 Å². The smallest absolute Gasteiger partial charge is 0.293 e. The van der Waals surface area contributed by atoms with Crippen molar-refractivity contribution in [2.75, 3.05) is 31.5 Å². The summed E-state index contributed by atoms with van der Waals surface area (Å²) >= 11 is 0. The van der Waals surface area contributed by atoms with Crippen LogP contribution < -0.4 is 10.1 Å². The minimum Gasteiger partial charge on any atom is -0.449 e. The number of halogens is 1. The van der Waals surface area contributed by atoms with Gasteiger partial charge in [0.2, 0.25) is 12.2 Å². The molecular weight excluding hydrogens is 459 g/mol. The van der Waals surface area contributed by atoms with Crippen molar-refractivity contribution in [3.8, 4) is 16.9 Å². The standard InChI is InChI=1S/C28H27FN4O3/c1-20-2-10-24(11-3-20)31-28(35)27(26(18-30)33-16-14-32(19-34)15-17-33)36-25-12-6-22(7-13-25)21-4-8-23(29)9-5-21/h2-13,18-19,30H,14-17H2,1H3,(H,31,35)/b27-26-,30-18?. The van der Waals surface area contributed by atoms with Crippen LogP contribution in [-0.2, 0) is 9.59 Å². The third-order valence-electron chi connectivity index (χ3n) is 5.94. The Morgan fingerprint density at radius 1 is 0.917 bits per heavy atom. The van der Waals surface area contributed by atoms with Crippen molar-refractivity contribution in [1.82, 2.24) is 9.80 Å². The van der Waals surface area contributed by atoms with E-state index in [0.29, 0.717) is 43.3 Å². The molecule has 184 valence electrons. The van der Waals surface area contributed by atoms with Crippen LogP contribution in [0.15, 0.2) is 84.3 Å². The number of allylic oxidation sites excluding steroid dienone is 1. The van der Waals surface area contributed by atoms with Gasteiger partial charge in [0.05, 0.1) is 0 Å². The van der Waals surface area contributed by atoms with E-state index in [0.717, 1.165) is 29.3 Å². The molecule has 2 N–H and O–H groups in total. The average molecular weight is 487 g/mol. The van der Waals surface area contributed by atoms with Gasteiger partial charge in [-0.15, -0.1) is 0 Å². The first-order chi connectivity index (χ1) is 17.5. The van der Waals surface area contributed by atoms with Crippen molar-refractivity contribution in [1.29, 1.82) is 5.41 Å². The van der Waals surface area contributed by atoms with Gasteiger partial charge in [0.25, 0.3) is 5.91 Å². The van der Waals surface area contributed by atoms with E-state index in [-0.39, 0.29) is 11.6 Å². The van der Waals surface area contributed by atoms with Crippen LogP contribution in [0.2, 0.25) is 0 Å². The highest BCUT2D eigenvalue weighted by Gasteiger charge is 2.25. The number of rotatable bonds is 8. The summed E-state index contributed by atoms with van der Waals surface area (Å²) in [5.41, 5.74) is 3.72. The third-order valence-corrected chi connectivity index (χ3v) is 5.94. The molecule has 1 aliphatic heterocycles. The lowest BCUT2D eigenvalue weighted by Crippen LogP contribution is -2.46. The molecule has 4 rings (SSSR count). The van der Waals surface area contributed by atoms with E-state index < -0.39 is 5.91 Å². The highest BCUT2D eigenvalue weighted by molar-refractivity contribution is 6.06. The molecule has 0 saturated carbocycles. The van der Waals surface area contributed by atoms with Gasteiger partial charge in [-0.1, -0.05) is 42.0 Å². The van der Waals surface area contributed by atoms with Crippen LogP contribution in [0.25, 0.3) is 11.1 Å². The Morgan fingerprint density at radius 3 is 2.06 bits per heavy atom. The lowest BCUT2D eigenvalue weighted by molar-refractivity contribution is -0.119. The summed E-state index contributed by atoms with van der Waals surface area (Å²) in [5, 5.41) is 10.9. The second-order valence-electron chi connectivity index (χ2n) is 8.44. The predicted molar refractivity (Wildman–Crippen MR) is 137 cm³/mol. The number of carbonyl (C=O) groups excluding carboxylic acids is 2. The fourth-order valence-corrected chi connectivity index (χ4v) is 3.88. The third kappa shape index (κ3) is 5.96. The van der Waals surface area contributed by atoms with Gasteiger partial charge >= 0.3 is 0 Å². The number of nitrogens with one attached hydrogen (secondary N) is 2. The second-order valence-corrected chi connectivity index (χ2v) is 8.44. The molecule has 3 aromatic carbocycles. The summed E-state index contributed by atoms with van der Waals surface area (Å²) in [6.07, 6.45) is 1.91. The van der Waals surface area contributed by atoms with Gasteiger partial charge < -0.3 is 25.3 Å². The van der Waals surface area contributed by atoms with Crippen LogP contribution in [0.4, 0.5) is 10.1 Å². The number of hydrogen-bond acceptors (Lipinski definition) is 5. The van der Waals surface area contributed by atoms with Gasteiger partial charge in [0, 0.05) is 38.1 Å². The molecule has 36 heavy (non-hydrogen) atoms. The Morgan fingerprint density at radius 2 is 1.50 bits per heavy atom. The summed E-state index contributed by atoms with van der Waals surface area (Å²) in [6, 6.07) is 20.7. The molecule has 0 radical (unpaired) electrons. The van der Waals surface area contributed by atoms with Crippen LogP contribution in [0, 0.1) is 18.2 Å². The lowest BCUT2D eigenvalue weighted by Gasteiger charge is -2.35. The van der Waals surface area contributed by atoms with Gasteiger partial charge in [-0.25, -0.2) is 4.39 Å². The quantitative estimate of drug-likeness (QED) is 0.213. The zero-order valence-corrected chi connectivity index (χ0v) is 19.9. The van der Waals surface area contributed by atoms with Crippen molar-refractivity contribution in [2.45, 2.75) is 6.92 Å². The Kier molecular flexibility index (Phi) is 7.75. The van der Waals surface area contributed by atoms with Crippen LogP contribution in [-0.4, -0.2) is 54.5 Å². The number of ether oxygens (including phenoxy) is 1. The van der Waals surface area contributed by atoms with Crippen molar-refractivity contribution < 1.29 is 18.7 Å². The van der Waals surface area contributed by atoms with Crippen LogP contribution in [0.5, 0.6) is 5.75 Å². The molecule has 3 aromatic rings. The summed E-state index contributed by atoms with van der Waals surface area (Å²) in [7, 11) is 0. The zero-order chi connectivity index (χ0) is 25.5. The molecule has 0 aliphatic carbocycles.